The number of hydrogen-bond donors (Lipinski definition) is 2. The van der Waals surface area contributed by atoms with Crippen molar-refractivity contribution in [3.8, 4) is 0 Å². The van der Waals surface area contributed by atoms with E-state index in [0.29, 0.717) is 37.6 Å². The van der Waals surface area contributed by atoms with E-state index in [-0.39, 0.29) is 30.4 Å². The molecule has 1 saturated heterocycles. The molecule has 0 radical (unpaired) electrons. The Morgan fingerprint density at radius 2 is 1.96 bits per heavy atom. The van der Waals surface area contributed by atoms with Gasteiger partial charge in [0.2, 0.25) is 11.8 Å². The van der Waals surface area contributed by atoms with Gasteiger partial charge in [-0.2, -0.15) is 4.98 Å². The van der Waals surface area contributed by atoms with Crippen molar-refractivity contribution < 1.29 is 14.1 Å². The number of nitrogens with zero attached hydrogens (tertiary/aromatic N) is 3. The number of amides is 3. The van der Waals surface area contributed by atoms with Crippen LogP contribution in [0.5, 0.6) is 0 Å². The quantitative estimate of drug-likeness (QED) is 0.821. The molecule has 0 spiro atoms. The molecule has 0 bridgehead atoms. The van der Waals surface area contributed by atoms with E-state index in [0.717, 1.165) is 12.8 Å². The second-order valence-electron chi connectivity index (χ2n) is 6.18. The summed E-state index contributed by atoms with van der Waals surface area (Å²) in [5, 5.41) is 9.55. The van der Waals surface area contributed by atoms with Gasteiger partial charge in [0, 0.05) is 25.0 Å². The number of carbonyl (C=O) groups excluding carboxylic acids is 2. The largest absolute Gasteiger partial charge is 0.347 e. The minimum atomic E-state index is -0.0776. The number of urea groups is 1. The summed E-state index contributed by atoms with van der Waals surface area (Å²) in [7, 11) is 0. The monoisotopic (exact) mass is 337 g/mol. The predicted octanol–water partition coefficient (Wildman–Crippen LogP) is 1.60. The fourth-order valence-corrected chi connectivity index (χ4v) is 2.82. The van der Waals surface area contributed by atoms with Gasteiger partial charge in [-0.05, 0) is 32.6 Å². The summed E-state index contributed by atoms with van der Waals surface area (Å²) in [4.78, 5) is 30.3. The SMILES string of the molecule is CCC(CC)NC(=O)N1CCC(C(=O)NCc2nc(C)no2)CC1. The molecule has 8 heteroatoms. The minimum absolute atomic E-state index is 0.0223. The molecule has 3 amide bonds. The molecule has 1 aliphatic rings. The molecule has 0 saturated carbocycles. The third-order valence-corrected chi connectivity index (χ3v) is 4.45. The van der Waals surface area contributed by atoms with E-state index >= 15 is 0 Å². The van der Waals surface area contributed by atoms with Crippen LogP contribution in [0.15, 0.2) is 4.52 Å². The molecule has 1 fully saturated rings. The van der Waals surface area contributed by atoms with Crippen LogP contribution < -0.4 is 10.6 Å². The van der Waals surface area contributed by atoms with Crippen LogP contribution in [0.25, 0.3) is 0 Å². The Bertz CT molecular complexity index is 548. The lowest BCUT2D eigenvalue weighted by molar-refractivity contribution is -0.126. The van der Waals surface area contributed by atoms with E-state index in [1.165, 1.54) is 0 Å². The summed E-state index contributed by atoms with van der Waals surface area (Å²) in [6.45, 7) is 7.31. The van der Waals surface area contributed by atoms with Gasteiger partial charge in [-0.3, -0.25) is 4.79 Å². The summed E-state index contributed by atoms with van der Waals surface area (Å²) in [5.41, 5.74) is 0. The highest BCUT2D eigenvalue weighted by Gasteiger charge is 2.28. The topological polar surface area (TPSA) is 100 Å². The molecule has 0 unspecified atom stereocenters. The van der Waals surface area contributed by atoms with Gasteiger partial charge in [0.1, 0.15) is 0 Å². The number of hydrogen-bond acceptors (Lipinski definition) is 5. The fourth-order valence-electron chi connectivity index (χ4n) is 2.82. The van der Waals surface area contributed by atoms with Gasteiger partial charge in [0.05, 0.1) is 6.54 Å². The van der Waals surface area contributed by atoms with Crippen LogP contribution in [0.4, 0.5) is 4.79 Å². The first-order valence-corrected chi connectivity index (χ1v) is 8.65. The van der Waals surface area contributed by atoms with Crippen LogP contribution in [0.1, 0.15) is 51.2 Å². The van der Waals surface area contributed by atoms with Crippen molar-refractivity contribution in [1.29, 1.82) is 0 Å². The lowest BCUT2D eigenvalue weighted by Gasteiger charge is -2.32. The Labute approximate surface area is 142 Å². The Balaban J connectivity index is 1.73. The predicted molar refractivity (Wildman–Crippen MR) is 88.1 cm³/mol. The molecule has 0 aromatic carbocycles. The zero-order chi connectivity index (χ0) is 17.5. The molecule has 1 aliphatic heterocycles. The lowest BCUT2D eigenvalue weighted by atomic mass is 9.96. The summed E-state index contributed by atoms with van der Waals surface area (Å²) < 4.78 is 4.97. The number of rotatable bonds is 6. The van der Waals surface area contributed by atoms with Gasteiger partial charge in [-0.15, -0.1) is 0 Å². The standard InChI is InChI=1S/C16H27N5O3/c1-4-13(5-2)19-16(23)21-8-6-12(7-9-21)15(22)17-10-14-18-11(3)20-24-14/h12-13H,4-10H2,1-3H3,(H,17,22)(H,19,23). The summed E-state index contributed by atoms with van der Waals surface area (Å²) in [5.74, 6) is 0.857. The van der Waals surface area contributed by atoms with E-state index in [9.17, 15) is 9.59 Å². The average molecular weight is 337 g/mol. The number of nitrogens with one attached hydrogen (secondary N) is 2. The maximum atomic E-state index is 12.2. The lowest BCUT2D eigenvalue weighted by Crippen LogP contribution is -2.49. The van der Waals surface area contributed by atoms with Crippen molar-refractivity contribution in [2.75, 3.05) is 13.1 Å². The second-order valence-corrected chi connectivity index (χ2v) is 6.18. The maximum absolute atomic E-state index is 12.2. The van der Waals surface area contributed by atoms with Gasteiger partial charge in [0.15, 0.2) is 5.82 Å². The summed E-state index contributed by atoms with van der Waals surface area (Å²) in [6, 6.07) is 0.195. The molecule has 1 aromatic heterocycles. The first-order chi connectivity index (χ1) is 11.5. The van der Waals surface area contributed by atoms with Crippen LogP contribution in [0, 0.1) is 12.8 Å². The highest BCUT2D eigenvalue weighted by molar-refractivity contribution is 5.79. The van der Waals surface area contributed by atoms with Gasteiger partial charge in [0.25, 0.3) is 0 Å². The van der Waals surface area contributed by atoms with Crippen LogP contribution >= 0.6 is 0 Å². The summed E-state index contributed by atoms with van der Waals surface area (Å²) >= 11 is 0. The normalized spacial score (nSPS) is 15.6. The van der Waals surface area contributed by atoms with E-state index in [2.05, 4.69) is 34.6 Å². The van der Waals surface area contributed by atoms with E-state index in [4.69, 9.17) is 4.52 Å². The van der Waals surface area contributed by atoms with Crippen molar-refractivity contribution in [3.63, 3.8) is 0 Å². The van der Waals surface area contributed by atoms with E-state index in [1.54, 1.807) is 11.8 Å². The van der Waals surface area contributed by atoms with E-state index < -0.39 is 0 Å². The first kappa shape index (κ1) is 18.2. The first-order valence-electron chi connectivity index (χ1n) is 8.65. The van der Waals surface area contributed by atoms with Crippen LogP contribution in [0.3, 0.4) is 0 Å². The zero-order valence-corrected chi connectivity index (χ0v) is 14.7. The number of aryl methyl sites for hydroxylation is 1. The number of carbonyl (C=O) groups is 2. The van der Waals surface area contributed by atoms with Crippen LogP contribution in [0.2, 0.25) is 0 Å². The van der Waals surface area contributed by atoms with Crippen molar-refractivity contribution in [1.82, 2.24) is 25.7 Å². The molecule has 2 rings (SSSR count). The average Bonchev–Trinajstić information content (AvgIpc) is 3.02. The zero-order valence-electron chi connectivity index (χ0n) is 14.7. The molecule has 0 aliphatic carbocycles. The third kappa shape index (κ3) is 4.94. The van der Waals surface area contributed by atoms with Gasteiger partial charge in [-0.1, -0.05) is 19.0 Å². The Morgan fingerprint density at radius 1 is 1.29 bits per heavy atom. The van der Waals surface area contributed by atoms with Crippen molar-refractivity contribution in [2.24, 2.45) is 5.92 Å². The molecule has 24 heavy (non-hydrogen) atoms. The Morgan fingerprint density at radius 3 is 2.50 bits per heavy atom. The molecule has 0 atom stereocenters. The van der Waals surface area contributed by atoms with Crippen molar-refractivity contribution in [3.05, 3.63) is 11.7 Å². The maximum Gasteiger partial charge on any atom is 0.317 e. The van der Waals surface area contributed by atoms with Gasteiger partial charge in [-0.25, -0.2) is 4.79 Å². The fraction of sp³-hybridized carbons (Fsp3) is 0.750. The second kappa shape index (κ2) is 8.65. The Kier molecular flexibility index (Phi) is 6.57. The highest BCUT2D eigenvalue weighted by atomic mass is 16.5. The Hall–Kier alpha value is -2.12. The number of aromatic nitrogens is 2. The third-order valence-electron chi connectivity index (χ3n) is 4.45. The molecular weight excluding hydrogens is 310 g/mol. The number of likely N-dealkylation sites (tertiary alicyclic amines) is 1. The minimum Gasteiger partial charge on any atom is -0.347 e. The molecular formula is C16H27N5O3. The molecule has 134 valence electrons. The van der Waals surface area contributed by atoms with Gasteiger partial charge < -0.3 is 20.1 Å². The highest BCUT2D eigenvalue weighted by Crippen LogP contribution is 2.18. The van der Waals surface area contributed by atoms with Crippen molar-refractivity contribution >= 4 is 11.9 Å². The van der Waals surface area contributed by atoms with Gasteiger partial charge >= 0.3 is 6.03 Å². The van der Waals surface area contributed by atoms with Crippen LogP contribution in [-0.4, -0.2) is 46.1 Å². The summed E-state index contributed by atoms with van der Waals surface area (Å²) in [6.07, 6.45) is 3.20. The van der Waals surface area contributed by atoms with E-state index in [1.807, 2.05) is 0 Å². The molecule has 1 aromatic rings. The number of piperidine rings is 1. The van der Waals surface area contributed by atoms with Crippen molar-refractivity contribution in [2.45, 2.75) is 59.0 Å². The smallest absolute Gasteiger partial charge is 0.317 e. The van der Waals surface area contributed by atoms with Crippen LogP contribution in [-0.2, 0) is 11.3 Å². The molecule has 2 heterocycles. The molecule has 2 N–H and O–H groups in total. The molecule has 8 nitrogen and oxygen atoms in total.